The normalized spacial score (nSPS) is 11.6. The van der Waals surface area contributed by atoms with Crippen LogP contribution in [0.15, 0.2) is 18.2 Å². The molecule has 1 aromatic rings. The zero-order valence-electron chi connectivity index (χ0n) is 11.8. The van der Waals surface area contributed by atoms with Crippen molar-refractivity contribution in [3.63, 3.8) is 0 Å². The van der Waals surface area contributed by atoms with Gasteiger partial charge < -0.3 is 18.0 Å². The van der Waals surface area contributed by atoms with Gasteiger partial charge in [0.15, 0.2) is 0 Å². The van der Waals surface area contributed by atoms with E-state index in [2.05, 4.69) is 12.1 Å². The van der Waals surface area contributed by atoms with Crippen molar-refractivity contribution in [2.45, 2.75) is 19.4 Å². The highest BCUT2D eigenvalue weighted by Gasteiger charge is 2.37. The predicted molar refractivity (Wildman–Crippen MR) is 73.0 cm³/mol. The zero-order chi connectivity index (χ0) is 13.6. The highest BCUT2D eigenvalue weighted by Crippen LogP contribution is 2.22. The fourth-order valence-corrected chi connectivity index (χ4v) is 3.66. The molecule has 0 bridgehead atoms. The Morgan fingerprint density at radius 2 is 1.61 bits per heavy atom. The van der Waals surface area contributed by atoms with Crippen LogP contribution in [0.4, 0.5) is 0 Å². The Labute approximate surface area is 110 Å². The molecule has 0 unspecified atom stereocenters. The van der Waals surface area contributed by atoms with E-state index in [9.17, 15) is 0 Å². The Morgan fingerprint density at radius 1 is 1.00 bits per heavy atom. The summed E-state index contributed by atoms with van der Waals surface area (Å²) >= 11 is 0. The summed E-state index contributed by atoms with van der Waals surface area (Å²) < 4.78 is 21.5. The highest BCUT2D eigenvalue weighted by molar-refractivity contribution is 6.60. The van der Waals surface area contributed by atoms with Gasteiger partial charge in [-0.2, -0.15) is 0 Å². The van der Waals surface area contributed by atoms with Gasteiger partial charge in [0, 0.05) is 27.4 Å². The summed E-state index contributed by atoms with van der Waals surface area (Å²) in [6.07, 6.45) is 0.868. The fraction of sp³-hybridized carbons (Fsp3) is 0.538. The lowest BCUT2D eigenvalue weighted by Crippen LogP contribution is -2.43. The molecule has 0 heterocycles. The van der Waals surface area contributed by atoms with Crippen molar-refractivity contribution in [3.8, 4) is 5.75 Å². The minimum absolute atomic E-state index is 0.766. The summed E-state index contributed by atoms with van der Waals surface area (Å²) in [7, 11) is 4.12. The third-order valence-electron chi connectivity index (χ3n) is 3.11. The molecular weight excluding hydrogens is 248 g/mol. The molecular formula is C13H22O4Si. The molecule has 0 spiro atoms. The van der Waals surface area contributed by atoms with Crippen LogP contribution >= 0.6 is 0 Å². The molecule has 0 aliphatic rings. The average molecular weight is 270 g/mol. The first-order valence-electron chi connectivity index (χ1n) is 5.89. The van der Waals surface area contributed by atoms with Crippen LogP contribution in [0.3, 0.4) is 0 Å². The first-order chi connectivity index (χ1) is 8.60. The van der Waals surface area contributed by atoms with Crippen molar-refractivity contribution < 1.29 is 18.0 Å². The monoisotopic (exact) mass is 270 g/mol. The number of ether oxygens (including phenoxy) is 1. The number of methoxy groups -OCH3 is 1. The average Bonchev–Trinajstić information content (AvgIpc) is 2.41. The second kappa shape index (κ2) is 6.89. The fourth-order valence-electron chi connectivity index (χ4n) is 1.95. The second-order valence-electron chi connectivity index (χ2n) is 4.10. The summed E-state index contributed by atoms with van der Waals surface area (Å²) in [6, 6.07) is 6.94. The van der Waals surface area contributed by atoms with Crippen molar-refractivity contribution in [1.82, 2.24) is 0 Å². The molecule has 0 N–H and O–H groups in total. The molecule has 1 aromatic carbocycles. The maximum absolute atomic E-state index is 5.40. The summed E-state index contributed by atoms with van der Waals surface area (Å²) in [5.74, 6) is 0.910. The Bertz CT molecular complexity index is 369. The Balaban J connectivity index is 2.71. The molecule has 102 valence electrons. The van der Waals surface area contributed by atoms with E-state index in [0.29, 0.717) is 0 Å². The molecule has 0 radical (unpaired) electrons. The molecule has 0 fully saturated rings. The van der Waals surface area contributed by atoms with Gasteiger partial charge in [0.1, 0.15) is 5.75 Å². The third-order valence-corrected chi connectivity index (χ3v) is 5.84. The van der Waals surface area contributed by atoms with Crippen LogP contribution in [-0.4, -0.2) is 37.2 Å². The minimum atomic E-state index is -2.47. The minimum Gasteiger partial charge on any atom is -0.496 e. The van der Waals surface area contributed by atoms with E-state index in [1.165, 1.54) is 5.56 Å². The van der Waals surface area contributed by atoms with Crippen molar-refractivity contribution in [2.75, 3.05) is 28.4 Å². The van der Waals surface area contributed by atoms with Gasteiger partial charge >= 0.3 is 8.80 Å². The summed E-state index contributed by atoms with van der Waals surface area (Å²) in [5, 5.41) is 0. The molecule has 0 saturated carbocycles. The van der Waals surface area contributed by atoms with Gasteiger partial charge in [-0.3, -0.25) is 0 Å². The number of aryl methyl sites for hydroxylation is 2. The largest absolute Gasteiger partial charge is 0.500 e. The smallest absolute Gasteiger partial charge is 0.496 e. The number of benzene rings is 1. The van der Waals surface area contributed by atoms with Crippen LogP contribution in [0.1, 0.15) is 11.1 Å². The molecule has 5 heteroatoms. The van der Waals surface area contributed by atoms with E-state index >= 15 is 0 Å². The lowest BCUT2D eigenvalue weighted by molar-refractivity contribution is 0.123. The summed E-state index contributed by atoms with van der Waals surface area (Å²) in [6.45, 7) is 2.04. The van der Waals surface area contributed by atoms with Gasteiger partial charge in [-0.1, -0.05) is 12.1 Å². The van der Waals surface area contributed by atoms with Gasteiger partial charge in [-0.15, -0.1) is 0 Å². The molecule has 18 heavy (non-hydrogen) atoms. The second-order valence-corrected chi connectivity index (χ2v) is 7.19. The molecule has 0 aliphatic carbocycles. The Hall–Kier alpha value is -0.883. The van der Waals surface area contributed by atoms with Crippen LogP contribution < -0.4 is 4.74 Å². The van der Waals surface area contributed by atoms with Crippen molar-refractivity contribution in [2.24, 2.45) is 0 Å². The van der Waals surface area contributed by atoms with E-state index in [0.717, 1.165) is 23.8 Å². The van der Waals surface area contributed by atoms with Gasteiger partial charge in [-0.25, -0.2) is 0 Å². The maximum Gasteiger partial charge on any atom is 0.500 e. The SMILES string of the molecule is COc1ccc(CC[Si](OC)(OC)OC)cc1C. The number of rotatable bonds is 7. The molecule has 1 rings (SSSR count). The van der Waals surface area contributed by atoms with E-state index in [1.54, 1.807) is 28.4 Å². The zero-order valence-corrected chi connectivity index (χ0v) is 12.8. The first-order valence-corrected chi connectivity index (χ1v) is 7.83. The summed E-state index contributed by atoms with van der Waals surface area (Å²) in [5.41, 5.74) is 2.37. The molecule has 4 nitrogen and oxygen atoms in total. The quantitative estimate of drug-likeness (QED) is 0.713. The standard InChI is InChI=1S/C13H22O4Si/c1-11-10-12(6-7-13(11)14-2)8-9-18(15-3,16-4)17-5/h6-7,10H,8-9H2,1-5H3. The van der Waals surface area contributed by atoms with Gasteiger partial charge in [0.2, 0.25) is 0 Å². The third kappa shape index (κ3) is 3.55. The highest BCUT2D eigenvalue weighted by atomic mass is 28.4. The van der Waals surface area contributed by atoms with Crippen molar-refractivity contribution in [3.05, 3.63) is 29.3 Å². The van der Waals surface area contributed by atoms with E-state index in [1.807, 2.05) is 13.0 Å². The maximum atomic E-state index is 5.40. The molecule has 0 amide bonds. The Morgan fingerprint density at radius 3 is 2.06 bits per heavy atom. The van der Waals surface area contributed by atoms with Crippen LogP contribution in [0.5, 0.6) is 5.75 Å². The van der Waals surface area contributed by atoms with Crippen LogP contribution in [0.25, 0.3) is 0 Å². The summed E-state index contributed by atoms with van der Waals surface area (Å²) in [4.78, 5) is 0. The lowest BCUT2D eigenvalue weighted by atomic mass is 10.1. The van der Waals surface area contributed by atoms with Gasteiger partial charge in [-0.05, 0) is 30.5 Å². The lowest BCUT2D eigenvalue weighted by Gasteiger charge is -2.24. The molecule has 0 aromatic heterocycles. The van der Waals surface area contributed by atoms with Crippen LogP contribution in [0, 0.1) is 6.92 Å². The molecule has 0 saturated heterocycles. The topological polar surface area (TPSA) is 36.9 Å². The molecule has 0 aliphatic heterocycles. The van der Waals surface area contributed by atoms with E-state index in [4.69, 9.17) is 18.0 Å². The van der Waals surface area contributed by atoms with Gasteiger partial charge in [0.25, 0.3) is 0 Å². The van der Waals surface area contributed by atoms with E-state index in [-0.39, 0.29) is 0 Å². The van der Waals surface area contributed by atoms with E-state index < -0.39 is 8.80 Å². The number of hydrogen-bond acceptors (Lipinski definition) is 4. The molecule has 0 atom stereocenters. The van der Waals surface area contributed by atoms with Crippen molar-refractivity contribution in [1.29, 1.82) is 0 Å². The predicted octanol–water partition coefficient (Wildman–Crippen LogP) is 2.42. The number of hydrogen-bond donors (Lipinski definition) is 0. The Kier molecular flexibility index (Phi) is 5.81. The van der Waals surface area contributed by atoms with Crippen LogP contribution in [0.2, 0.25) is 6.04 Å². The van der Waals surface area contributed by atoms with Crippen molar-refractivity contribution >= 4 is 8.80 Å². The first kappa shape index (κ1) is 15.2. The van der Waals surface area contributed by atoms with Crippen LogP contribution in [-0.2, 0) is 19.7 Å². The van der Waals surface area contributed by atoms with Gasteiger partial charge in [0.05, 0.1) is 7.11 Å².